The highest BCUT2D eigenvalue weighted by Crippen LogP contribution is 2.11. The summed E-state index contributed by atoms with van der Waals surface area (Å²) in [6.07, 6.45) is 5.72. The van der Waals surface area contributed by atoms with Crippen LogP contribution in [0.15, 0.2) is 0 Å². The van der Waals surface area contributed by atoms with Crippen molar-refractivity contribution in [3.63, 3.8) is 0 Å². The highest BCUT2D eigenvalue weighted by molar-refractivity contribution is 5.85. The summed E-state index contributed by atoms with van der Waals surface area (Å²) in [5, 5.41) is 0. The van der Waals surface area contributed by atoms with Crippen molar-refractivity contribution in [2.45, 2.75) is 45.6 Å². The van der Waals surface area contributed by atoms with Crippen molar-refractivity contribution in [3.8, 4) is 0 Å². The maximum Gasteiger partial charge on any atom is 0.00385 e. The average molecular weight is 178 g/mol. The van der Waals surface area contributed by atoms with E-state index in [0.717, 1.165) is 6.04 Å². The first kappa shape index (κ1) is 11.2. The largest absolute Gasteiger partial charge is 0.301 e. The van der Waals surface area contributed by atoms with Gasteiger partial charge in [0.15, 0.2) is 0 Å². The summed E-state index contributed by atoms with van der Waals surface area (Å²) in [5.74, 6) is 0. The molecule has 2 heteroatoms. The van der Waals surface area contributed by atoms with Gasteiger partial charge in [-0.15, -0.1) is 12.4 Å². The van der Waals surface area contributed by atoms with E-state index >= 15 is 0 Å². The van der Waals surface area contributed by atoms with Gasteiger partial charge in [0.05, 0.1) is 0 Å². The third-order valence-corrected chi connectivity index (χ3v) is 2.37. The lowest BCUT2D eigenvalue weighted by molar-refractivity contribution is 0.231. The summed E-state index contributed by atoms with van der Waals surface area (Å²) in [6, 6.07) is 0.762. The quantitative estimate of drug-likeness (QED) is 0.596. The number of likely N-dealkylation sites (tertiary alicyclic amines) is 1. The molecule has 1 saturated heterocycles. The van der Waals surface area contributed by atoms with Crippen molar-refractivity contribution in [1.82, 2.24) is 4.90 Å². The zero-order chi connectivity index (χ0) is 7.40. The second-order valence-electron chi connectivity index (χ2n) is 3.54. The molecule has 1 rings (SSSR count). The molecule has 1 heterocycles. The highest BCUT2D eigenvalue weighted by Gasteiger charge is 2.10. The van der Waals surface area contributed by atoms with Gasteiger partial charge in [-0.1, -0.05) is 12.8 Å². The third kappa shape index (κ3) is 3.97. The second-order valence-corrected chi connectivity index (χ2v) is 3.54. The molecule has 0 N–H and O–H groups in total. The van der Waals surface area contributed by atoms with Crippen LogP contribution in [0.5, 0.6) is 0 Å². The van der Waals surface area contributed by atoms with E-state index in [1.807, 2.05) is 0 Å². The van der Waals surface area contributed by atoms with Crippen molar-refractivity contribution in [3.05, 3.63) is 0 Å². The van der Waals surface area contributed by atoms with Crippen LogP contribution in [0.4, 0.5) is 0 Å². The summed E-state index contributed by atoms with van der Waals surface area (Å²) in [7, 11) is 0. The molecule has 0 aliphatic carbocycles. The van der Waals surface area contributed by atoms with E-state index in [1.54, 1.807) is 0 Å². The fourth-order valence-corrected chi connectivity index (χ4v) is 1.61. The van der Waals surface area contributed by atoms with Gasteiger partial charge in [0.25, 0.3) is 0 Å². The van der Waals surface area contributed by atoms with Crippen molar-refractivity contribution in [2.75, 3.05) is 13.1 Å². The van der Waals surface area contributed by atoms with Crippen LogP contribution in [0.25, 0.3) is 0 Å². The Balaban J connectivity index is 0.000001000. The number of rotatable bonds is 1. The normalized spacial score (nSPS) is 21.0. The van der Waals surface area contributed by atoms with Gasteiger partial charge in [-0.05, 0) is 39.8 Å². The molecular weight excluding hydrogens is 158 g/mol. The van der Waals surface area contributed by atoms with Gasteiger partial charge in [0.1, 0.15) is 0 Å². The summed E-state index contributed by atoms with van der Waals surface area (Å²) in [6.45, 7) is 7.26. The van der Waals surface area contributed by atoms with Crippen LogP contribution in [-0.2, 0) is 0 Å². The Morgan fingerprint density at radius 1 is 0.909 bits per heavy atom. The first-order valence-electron chi connectivity index (χ1n) is 4.55. The summed E-state index contributed by atoms with van der Waals surface area (Å²) in [5.41, 5.74) is 0. The van der Waals surface area contributed by atoms with Gasteiger partial charge in [-0.2, -0.15) is 0 Å². The molecule has 0 atom stereocenters. The fraction of sp³-hybridized carbons (Fsp3) is 1.00. The zero-order valence-corrected chi connectivity index (χ0v) is 8.49. The maximum absolute atomic E-state index is 2.59. The summed E-state index contributed by atoms with van der Waals surface area (Å²) < 4.78 is 0. The van der Waals surface area contributed by atoms with E-state index in [9.17, 15) is 0 Å². The Labute approximate surface area is 76.6 Å². The number of halogens is 1. The predicted molar refractivity (Wildman–Crippen MR) is 52.4 cm³/mol. The monoisotopic (exact) mass is 177 g/mol. The van der Waals surface area contributed by atoms with E-state index in [2.05, 4.69) is 18.7 Å². The molecular formula is C9H20ClN. The third-order valence-electron chi connectivity index (χ3n) is 2.37. The molecule has 1 nitrogen and oxygen atoms in total. The van der Waals surface area contributed by atoms with Gasteiger partial charge in [0, 0.05) is 6.04 Å². The molecule has 1 aliphatic heterocycles. The molecule has 0 aromatic heterocycles. The van der Waals surface area contributed by atoms with Gasteiger partial charge < -0.3 is 4.90 Å². The molecule has 0 saturated carbocycles. The fourth-order valence-electron chi connectivity index (χ4n) is 1.61. The van der Waals surface area contributed by atoms with Crippen LogP contribution in [0.3, 0.4) is 0 Å². The minimum Gasteiger partial charge on any atom is -0.301 e. The molecule has 0 spiro atoms. The number of hydrogen-bond acceptors (Lipinski definition) is 1. The van der Waals surface area contributed by atoms with E-state index < -0.39 is 0 Å². The van der Waals surface area contributed by atoms with Crippen LogP contribution in [0.2, 0.25) is 0 Å². The van der Waals surface area contributed by atoms with E-state index in [4.69, 9.17) is 0 Å². The Bertz CT molecular complexity index is 85.6. The minimum absolute atomic E-state index is 0. The van der Waals surface area contributed by atoms with Gasteiger partial charge in [0.2, 0.25) is 0 Å². The van der Waals surface area contributed by atoms with E-state index in [0.29, 0.717) is 0 Å². The predicted octanol–water partition coefficient (Wildman–Crippen LogP) is 2.69. The summed E-state index contributed by atoms with van der Waals surface area (Å²) >= 11 is 0. The first-order chi connectivity index (χ1) is 4.80. The Morgan fingerprint density at radius 3 is 1.73 bits per heavy atom. The van der Waals surface area contributed by atoms with Crippen molar-refractivity contribution in [1.29, 1.82) is 0 Å². The lowest BCUT2D eigenvalue weighted by atomic mass is 10.2. The van der Waals surface area contributed by atoms with E-state index in [1.165, 1.54) is 38.8 Å². The standard InChI is InChI=1S/C9H19N.ClH/c1-9(2)10-7-5-3-4-6-8-10;/h9H,3-8H2,1-2H3;1H. The van der Waals surface area contributed by atoms with Crippen LogP contribution >= 0.6 is 12.4 Å². The molecule has 0 aromatic rings. The van der Waals surface area contributed by atoms with Crippen molar-refractivity contribution in [2.24, 2.45) is 0 Å². The zero-order valence-electron chi connectivity index (χ0n) is 7.68. The highest BCUT2D eigenvalue weighted by atomic mass is 35.5. The maximum atomic E-state index is 2.59. The molecule has 0 amide bonds. The van der Waals surface area contributed by atoms with Crippen molar-refractivity contribution >= 4 is 12.4 Å². The lowest BCUT2D eigenvalue weighted by Crippen LogP contribution is -2.31. The molecule has 1 fully saturated rings. The van der Waals surface area contributed by atoms with Crippen LogP contribution in [0, 0.1) is 0 Å². The van der Waals surface area contributed by atoms with Crippen molar-refractivity contribution < 1.29 is 0 Å². The smallest absolute Gasteiger partial charge is 0.00385 e. The SMILES string of the molecule is CC(C)N1CCCCCC1.Cl. The van der Waals surface area contributed by atoms with Gasteiger partial charge in [-0.3, -0.25) is 0 Å². The Hall–Kier alpha value is 0.250. The molecule has 0 unspecified atom stereocenters. The first-order valence-corrected chi connectivity index (χ1v) is 4.55. The van der Waals surface area contributed by atoms with E-state index in [-0.39, 0.29) is 12.4 Å². The van der Waals surface area contributed by atoms with Gasteiger partial charge in [-0.25, -0.2) is 0 Å². The Kier molecular flexibility index (Phi) is 5.98. The molecule has 0 aromatic carbocycles. The number of nitrogens with zero attached hydrogens (tertiary/aromatic N) is 1. The van der Waals surface area contributed by atoms with Crippen LogP contribution in [-0.4, -0.2) is 24.0 Å². The molecule has 0 bridgehead atoms. The average Bonchev–Trinajstić information content (AvgIpc) is 2.12. The van der Waals surface area contributed by atoms with Crippen LogP contribution < -0.4 is 0 Å². The summed E-state index contributed by atoms with van der Waals surface area (Å²) in [4.78, 5) is 2.59. The topological polar surface area (TPSA) is 3.24 Å². The minimum atomic E-state index is 0. The van der Waals surface area contributed by atoms with Crippen LogP contribution in [0.1, 0.15) is 39.5 Å². The lowest BCUT2D eigenvalue weighted by Gasteiger charge is -2.23. The van der Waals surface area contributed by atoms with Gasteiger partial charge >= 0.3 is 0 Å². The second kappa shape index (κ2) is 5.84. The molecule has 68 valence electrons. The number of hydrogen-bond donors (Lipinski definition) is 0. The Morgan fingerprint density at radius 2 is 1.36 bits per heavy atom. The molecule has 1 aliphatic rings. The molecule has 0 radical (unpaired) electrons. The molecule has 11 heavy (non-hydrogen) atoms.